The van der Waals surface area contributed by atoms with E-state index in [1.54, 1.807) is 61.5 Å². The highest BCUT2D eigenvalue weighted by atomic mass is 32.2. The summed E-state index contributed by atoms with van der Waals surface area (Å²) in [4.78, 5) is 13.1. The number of ether oxygens (including phenoxy) is 2. The summed E-state index contributed by atoms with van der Waals surface area (Å²) in [5, 5.41) is 2.81. The van der Waals surface area contributed by atoms with E-state index >= 15 is 0 Å². The molecule has 0 bridgehead atoms. The predicted molar refractivity (Wildman–Crippen MR) is 130 cm³/mol. The number of allylic oxidation sites excluding steroid dienone is 1. The highest BCUT2D eigenvalue weighted by Gasteiger charge is 2.18. The molecular formula is C25H26N2O5S. The Balaban J connectivity index is 1.88. The standard InChI is InChI=1S/C25H26N2O5S/c1-5-9-18-14-19(15-23(31-3)24(18)32-4)25(28)26-20-13-12-17(2)22(16-20)27-33(29,30)21-10-7-6-8-11-21/h5-8,10-16,27H,1,9H2,2-4H3,(H,26,28). The van der Waals surface area contributed by atoms with Gasteiger partial charge in [0.1, 0.15) is 0 Å². The molecule has 0 saturated heterocycles. The zero-order valence-electron chi connectivity index (χ0n) is 18.7. The lowest BCUT2D eigenvalue weighted by Gasteiger charge is -2.15. The molecule has 7 nitrogen and oxygen atoms in total. The second-order valence-corrected chi connectivity index (χ2v) is 8.95. The van der Waals surface area contributed by atoms with Crippen molar-refractivity contribution in [1.29, 1.82) is 0 Å². The van der Waals surface area contributed by atoms with E-state index in [1.165, 1.54) is 26.4 Å². The molecule has 8 heteroatoms. The first-order valence-electron chi connectivity index (χ1n) is 10.1. The second-order valence-electron chi connectivity index (χ2n) is 7.27. The Morgan fingerprint density at radius 2 is 1.76 bits per heavy atom. The summed E-state index contributed by atoms with van der Waals surface area (Å²) < 4.78 is 38.8. The number of carbonyl (C=O) groups excluding carboxylic acids is 1. The van der Waals surface area contributed by atoms with Crippen molar-refractivity contribution in [3.8, 4) is 11.5 Å². The first-order valence-corrected chi connectivity index (χ1v) is 11.6. The van der Waals surface area contributed by atoms with E-state index in [1.807, 2.05) is 0 Å². The van der Waals surface area contributed by atoms with Crippen LogP contribution in [0.1, 0.15) is 21.5 Å². The average Bonchev–Trinajstić information content (AvgIpc) is 2.81. The number of rotatable bonds is 9. The summed E-state index contributed by atoms with van der Waals surface area (Å²) in [7, 11) is -0.726. The maximum atomic E-state index is 13.0. The third kappa shape index (κ3) is 5.53. The molecule has 0 heterocycles. The van der Waals surface area contributed by atoms with Gasteiger partial charge in [-0.25, -0.2) is 8.42 Å². The molecule has 33 heavy (non-hydrogen) atoms. The molecule has 0 aliphatic carbocycles. The minimum Gasteiger partial charge on any atom is -0.493 e. The molecule has 1 amide bonds. The zero-order chi connectivity index (χ0) is 24.0. The van der Waals surface area contributed by atoms with Gasteiger partial charge in [0.15, 0.2) is 11.5 Å². The number of benzene rings is 3. The van der Waals surface area contributed by atoms with Crippen LogP contribution in [0, 0.1) is 6.92 Å². The second kappa shape index (κ2) is 10.2. The third-order valence-corrected chi connectivity index (χ3v) is 6.36. The molecular weight excluding hydrogens is 440 g/mol. The summed E-state index contributed by atoms with van der Waals surface area (Å²) in [5.41, 5.74) is 2.66. The van der Waals surface area contributed by atoms with Gasteiger partial charge in [-0.15, -0.1) is 6.58 Å². The largest absolute Gasteiger partial charge is 0.493 e. The van der Waals surface area contributed by atoms with Crippen molar-refractivity contribution in [2.75, 3.05) is 24.3 Å². The van der Waals surface area contributed by atoms with Crippen molar-refractivity contribution in [3.63, 3.8) is 0 Å². The van der Waals surface area contributed by atoms with Crippen LogP contribution in [0.2, 0.25) is 0 Å². The number of nitrogens with one attached hydrogen (secondary N) is 2. The number of methoxy groups -OCH3 is 2. The number of carbonyl (C=O) groups is 1. The maximum absolute atomic E-state index is 13.0. The molecule has 0 unspecified atom stereocenters. The number of anilines is 2. The number of hydrogen-bond acceptors (Lipinski definition) is 5. The molecule has 0 aliphatic heterocycles. The Morgan fingerprint density at radius 3 is 2.39 bits per heavy atom. The Labute approximate surface area is 194 Å². The lowest BCUT2D eigenvalue weighted by Crippen LogP contribution is -2.15. The fourth-order valence-corrected chi connectivity index (χ4v) is 4.44. The molecule has 0 aliphatic rings. The van der Waals surface area contributed by atoms with E-state index in [4.69, 9.17) is 9.47 Å². The van der Waals surface area contributed by atoms with Crippen molar-refractivity contribution in [1.82, 2.24) is 0 Å². The van der Waals surface area contributed by atoms with E-state index in [2.05, 4.69) is 16.6 Å². The monoisotopic (exact) mass is 466 g/mol. The molecule has 0 aromatic heterocycles. The van der Waals surface area contributed by atoms with Gasteiger partial charge in [0.05, 0.1) is 24.8 Å². The number of amides is 1. The lowest BCUT2D eigenvalue weighted by molar-refractivity contribution is 0.102. The van der Waals surface area contributed by atoms with Crippen LogP contribution < -0.4 is 19.5 Å². The van der Waals surface area contributed by atoms with E-state index < -0.39 is 10.0 Å². The Kier molecular flexibility index (Phi) is 7.40. The molecule has 0 spiro atoms. The van der Waals surface area contributed by atoms with Crippen LogP contribution >= 0.6 is 0 Å². The molecule has 3 aromatic rings. The molecule has 3 aromatic carbocycles. The van der Waals surface area contributed by atoms with Crippen LogP contribution in [0.3, 0.4) is 0 Å². The summed E-state index contributed by atoms with van der Waals surface area (Å²) >= 11 is 0. The van der Waals surface area contributed by atoms with Crippen LogP contribution in [0.25, 0.3) is 0 Å². The Morgan fingerprint density at radius 1 is 1.03 bits per heavy atom. The lowest BCUT2D eigenvalue weighted by atomic mass is 10.0. The fraction of sp³-hybridized carbons (Fsp3) is 0.160. The van der Waals surface area contributed by atoms with E-state index in [-0.39, 0.29) is 10.8 Å². The van der Waals surface area contributed by atoms with Crippen molar-refractivity contribution in [2.45, 2.75) is 18.2 Å². The smallest absolute Gasteiger partial charge is 0.261 e. The van der Waals surface area contributed by atoms with E-state index in [0.717, 1.165) is 5.56 Å². The zero-order valence-corrected chi connectivity index (χ0v) is 19.5. The van der Waals surface area contributed by atoms with Crippen molar-refractivity contribution < 1.29 is 22.7 Å². The number of hydrogen-bond donors (Lipinski definition) is 2. The van der Waals surface area contributed by atoms with Crippen LogP contribution in [0.15, 0.2) is 78.2 Å². The molecule has 0 atom stereocenters. The normalized spacial score (nSPS) is 10.9. The van der Waals surface area contributed by atoms with Crippen LogP contribution in [-0.2, 0) is 16.4 Å². The van der Waals surface area contributed by atoms with Gasteiger partial charge < -0.3 is 14.8 Å². The SMILES string of the molecule is C=CCc1cc(C(=O)Nc2ccc(C)c(NS(=O)(=O)c3ccccc3)c2)cc(OC)c1OC. The third-order valence-electron chi connectivity index (χ3n) is 4.98. The summed E-state index contributed by atoms with van der Waals surface area (Å²) in [6.45, 7) is 5.53. The van der Waals surface area contributed by atoms with Gasteiger partial charge in [0.25, 0.3) is 15.9 Å². The number of aryl methyl sites for hydroxylation is 1. The van der Waals surface area contributed by atoms with E-state index in [9.17, 15) is 13.2 Å². The van der Waals surface area contributed by atoms with Gasteiger partial charge in [-0.3, -0.25) is 9.52 Å². The molecule has 0 radical (unpaired) electrons. The maximum Gasteiger partial charge on any atom is 0.261 e. The van der Waals surface area contributed by atoms with Crippen molar-refractivity contribution in [3.05, 3.63) is 90.0 Å². The molecule has 172 valence electrons. The van der Waals surface area contributed by atoms with Gasteiger partial charge in [-0.2, -0.15) is 0 Å². The summed E-state index contributed by atoms with van der Waals surface area (Å²) in [5.74, 6) is 0.603. The highest BCUT2D eigenvalue weighted by Crippen LogP contribution is 2.33. The summed E-state index contributed by atoms with van der Waals surface area (Å²) in [6.07, 6.45) is 2.21. The van der Waals surface area contributed by atoms with Gasteiger partial charge >= 0.3 is 0 Å². The van der Waals surface area contributed by atoms with Gasteiger partial charge in [-0.1, -0.05) is 30.3 Å². The van der Waals surface area contributed by atoms with Crippen LogP contribution in [-0.4, -0.2) is 28.5 Å². The van der Waals surface area contributed by atoms with Crippen molar-refractivity contribution >= 4 is 27.3 Å². The number of sulfonamides is 1. The summed E-state index contributed by atoms with van der Waals surface area (Å²) in [6, 6.07) is 16.4. The Hall–Kier alpha value is -3.78. The van der Waals surface area contributed by atoms with Gasteiger partial charge in [-0.05, 0) is 55.3 Å². The van der Waals surface area contributed by atoms with E-state index in [0.29, 0.717) is 40.4 Å². The van der Waals surface area contributed by atoms with Crippen LogP contribution in [0.4, 0.5) is 11.4 Å². The first-order chi connectivity index (χ1) is 15.8. The average molecular weight is 467 g/mol. The minimum atomic E-state index is -3.76. The van der Waals surface area contributed by atoms with Crippen molar-refractivity contribution in [2.24, 2.45) is 0 Å². The van der Waals surface area contributed by atoms with Crippen LogP contribution in [0.5, 0.6) is 11.5 Å². The van der Waals surface area contributed by atoms with Gasteiger partial charge in [0.2, 0.25) is 0 Å². The van der Waals surface area contributed by atoms with Gasteiger partial charge in [0, 0.05) is 16.8 Å². The fourth-order valence-electron chi connectivity index (χ4n) is 3.30. The predicted octanol–water partition coefficient (Wildman–Crippen LogP) is 4.79. The molecule has 3 rings (SSSR count). The molecule has 0 saturated carbocycles. The Bertz CT molecular complexity index is 1270. The topological polar surface area (TPSA) is 93.7 Å². The highest BCUT2D eigenvalue weighted by molar-refractivity contribution is 7.92. The quantitative estimate of drug-likeness (QED) is 0.442. The first kappa shape index (κ1) is 23.9. The molecule has 2 N–H and O–H groups in total. The minimum absolute atomic E-state index is 0.152. The molecule has 0 fully saturated rings.